The first-order chi connectivity index (χ1) is 8.67. The van der Waals surface area contributed by atoms with E-state index < -0.39 is 0 Å². The minimum Gasteiger partial charge on any atom is -0.312 e. The van der Waals surface area contributed by atoms with Gasteiger partial charge in [-0.3, -0.25) is 0 Å². The van der Waals surface area contributed by atoms with Crippen molar-refractivity contribution in [1.82, 2.24) is 10.2 Å². The van der Waals surface area contributed by atoms with Crippen LogP contribution in [0, 0.1) is 11.8 Å². The lowest BCUT2D eigenvalue weighted by Gasteiger charge is -2.30. The van der Waals surface area contributed by atoms with Crippen LogP contribution in [0.2, 0.25) is 0 Å². The summed E-state index contributed by atoms with van der Waals surface area (Å²) in [5, 5.41) is 3.79. The molecule has 0 bridgehead atoms. The van der Waals surface area contributed by atoms with E-state index in [1.807, 2.05) is 0 Å². The first kappa shape index (κ1) is 16.0. The van der Waals surface area contributed by atoms with E-state index in [-0.39, 0.29) is 0 Å². The van der Waals surface area contributed by atoms with Gasteiger partial charge in [0.1, 0.15) is 0 Å². The molecule has 0 aromatic rings. The summed E-state index contributed by atoms with van der Waals surface area (Å²) in [5.74, 6) is 1.75. The predicted octanol–water partition coefficient (Wildman–Crippen LogP) is 3.52. The van der Waals surface area contributed by atoms with E-state index in [9.17, 15) is 0 Å². The zero-order chi connectivity index (χ0) is 13.4. The highest BCUT2D eigenvalue weighted by molar-refractivity contribution is 4.83. The van der Waals surface area contributed by atoms with Crippen LogP contribution < -0.4 is 5.32 Å². The third-order valence-electron chi connectivity index (χ3n) is 4.45. The number of likely N-dealkylation sites (N-methyl/N-ethyl adjacent to an activating group) is 1. The lowest BCUT2D eigenvalue weighted by molar-refractivity contribution is 0.217. The quantitative estimate of drug-likeness (QED) is 0.677. The largest absolute Gasteiger partial charge is 0.312 e. The molecule has 0 aromatic heterocycles. The lowest BCUT2D eigenvalue weighted by atomic mass is 9.97. The maximum Gasteiger partial charge on any atom is 0.0223 e. The highest BCUT2D eigenvalue weighted by Crippen LogP contribution is 2.28. The van der Waals surface area contributed by atoms with Crippen molar-refractivity contribution in [1.29, 1.82) is 0 Å². The maximum absolute atomic E-state index is 3.79. The fraction of sp³-hybridized carbons (Fsp3) is 1.00. The van der Waals surface area contributed by atoms with Gasteiger partial charge in [-0.25, -0.2) is 0 Å². The van der Waals surface area contributed by atoms with Crippen LogP contribution in [-0.4, -0.2) is 37.6 Å². The Kier molecular flexibility index (Phi) is 7.92. The minimum absolute atomic E-state index is 0.724. The molecule has 1 N–H and O–H groups in total. The molecule has 1 fully saturated rings. The molecule has 0 heterocycles. The van der Waals surface area contributed by atoms with Gasteiger partial charge in [-0.05, 0) is 44.7 Å². The van der Waals surface area contributed by atoms with Crippen LogP contribution >= 0.6 is 0 Å². The van der Waals surface area contributed by atoms with Gasteiger partial charge in [0.15, 0.2) is 0 Å². The normalized spacial score (nSPS) is 20.5. The van der Waals surface area contributed by atoms with Crippen molar-refractivity contribution in [2.24, 2.45) is 11.8 Å². The van der Waals surface area contributed by atoms with Crippen molar-refractivity contribution < 1.29 is 0 Å². The Morgan fingerprint density at radius 3 is 2.39 bits per heavy atom. The molecule has 0 saturated heterocycles. The highest BCUT2D eigenvalue weighted by Gasteiger charge is 2.25. The molecule has 18 heavy (non-hydrogen) atoms. The summed E-state index contributed by atoms with van der Waals surface area (Å²) in [6, 6.07) is 0.724. The summed E-state index contributed by atoms with van der Waals surface area (Å²) in [4.78, 5) is 2.54. The van der Waals surface area contributed by atoms with Gasteiger partial charge in [-0.15, -0.1) is 0 Å². The molecule has 1 rings (SSSR count). The molecule has 2 nitrogen and oxygen atoms in total. The Hall–Kier alpha value is -0.0800. The van der Waals surface area contributed by atoms with Gasteiger partial charge >= 0.3 is 0 Å². The van der Waals surface area contributed by atoms with E-state index in [4.69, 9.17) is 0 Å². The molecular weight excluding hydrogens is 220 g/mol. The van der Waals surface area contributed by atoms with E-state index >= 15 is 0 Å². The van der Waals surface area contributed by atoms with E-state index in [1.54, 1.807) is 0 Å². The predicted molar refractivity (Wildman–Crippen MR) is 81.0 cm³/mol. The zero-order valence-electron chi connectivity index (χ0n) is 13.0. The van der Waals surface area contributed by atoms with Gasteiger partial charge in [-0.1, -0.05) is 40.0 Å². The molecule has 1 aliphatic carbocycles. The van der Waals surface area contributed by atoms with E-state index in [0.29, 0.717) is 0 Å². The van der Waals surface area contributed by atoms with Crippen LogP contribution in [0.1, 0.15) is 59.3 Å². The van der Waals surface area contributed by atoms with Crippen LogP contribution in [-0.2, 0) is 0 Å². The summed E-state index contributed by atoms with van der Waals surface area (Å²) >= 11 is 0. The van der Waals surface area contributed by atoms with Gasteiger partial charge in [-0.2, -0.15) is 0 Å². The monoisotopic (exact) mass is 254 g/mol. The molecule has 2 atom stereocenters. The van der Waals surface area contributed by atoms with Crippen molar-refractivity contribution in [2.75, 3.05) is 26.7 Å². The second kappa shape index (κ2) is 8.92. The standard InChI is InChI=1S/C16H34N2/c1-5-11-17-16(15-9-7-8-10-15)13-18(4)12-14(3)6-2/h14-17H,5-13H2,1-4H3. The van der Waals surface area contributed by atoms with Crippen molar-refractivity contribution in [3.8, 4) is 0 Å². The molecule has 2 heteroatoms. The SMILES string of the molecule is CCCNC(CN(C)CC(C)CC)C1CCCC1. The Morgan fingerprint density at radius 2 is 1.83 bits per heavy atom. The Morgan fingerprint density at radius 1 is 1.17 bits per heavy atom. The summed E-state index contributed by atoms with van der Waals surface area (Å²) in [5.41, 5.74) is 0. The third-order valence-corrected chi connectivity index (χ3v) is 4.45. The topological polar surface area (TPSA) is 15.3 Å². The molecular formula is C16H34N2. The van der Waals surface area contributed by atoms with Gasteiger partial charge in [0, 0.05) is 19.1 Å². The van der Waals surface area contributed by atoms with Crippen molar-refractivity contribution in [3.63, 3.8) is 0 Å². The molecule has 108 valence electrons. The van der Waals surface area contributed by atoms with Crippen LogP contribution in [0.25, 0.3) is 0 Å². The van der Waals surface area contributed by atoms with Crippen molar-refractivity contribution in [2.45, 2.75) is 65.3 Å². The molecule has 2 unspecified atom stereocenters. The number of nitrogens with zero attached hydrogens (tertiary/aromatic N) is 1. The Labute approximate surface area is 115 Å². The smallest absolute Gasteiger partial charge is 0.0223 e. The number of nitrogens with one attached hydrogen (secondary N) is 1. The molecule has 0 spiro atoms. The summed E-state index contributed by atoms with van der Waals surface area (Å²) in [6.45, 7) is 10.6. The average molecular weight is 254 g/mol. The Bertz CT molecular complexity index is 199. The molecule has 0 amide bonds. The summed E-state index contributed by atoms with van der Waals surface area (Å²) in [7, 11) is 2.29. The highest BCUT2D eigenvalue weighted by atomic mass is 15.1. The van der Waals surface area contributed by atoms with Gasteiger partial charge in [0.05, 0.1) is 0 Å². The van der Waals surface area contributed by atoms with Gasteiger partial charge in [0.25, 0.3) is 0 Å². The molecule has 1 saturated carbocycles. The Balaban J connectivity index is 2.38. The van der Waals surface area contributed by atoms with E-state index in [0.717, 1.165) is 17.9 Å². The molecule has 1 aliphatic rings. The van der Waals surface area contributed by atoms with Crippen LogP contribution in [0.4, 0.5) is 0 Å². The van der Waals surface area contributed by atoms with Gasteiger partial charge in [0.2, 0.25) is 0 Å². The van der Waals surface area contributed by atoms with E-state index in [1.165, 1.54) is 58.2 Å². The number of rotatable bonds is 9. The fourth-order valence-electron chi connectivity index (χ4n) is 3.14. The second-order valence-corrected chi connectivity index (χ2v) is 6.34. The van der Waals surface area contributed by atoms with Gasteiger partial charge < -0.3 is 10.2 Å². The first-order valence-electron chi connectivity index (χ1n) is 8.09. The molecule has 0 aliphatic heterocycles. The minimum atomic E-state index is 0.724. The van der Waals surface area contributed by atoms with Crippen LogP contribution in [0.3, 0.4) is 0 Å². The van der Waals surface area contributed by atoms with Crippen LogP contribution in [0.5, 0.6) is 0 Å². The van der Waals surface area contributed by atoms with Crippen molar-refractivity contribution >= 4 is 0 Å². The lowest BCUT2D eigenvalue weighted by Crippen LogP contribution is -2.45. The second-order valence-electron chi connectivity index (χ2n) is 6.34. The van der Waals surface area contributed by atoms with E-state index in [2.05, 4.69) is 38.0 Å². The zero-order valence-corrected chi connectivity index (χ0v) is 13.0. The molecule has 0 aromatic carbocycles. The third kappa shape index (κ3) is 5.71. The maximum atomic E-state index is 3.79. The first-order valence-corrected chi connectivity index (χ1v) is 8.09. The average Bonchev–Trinajstić information content (AvgIpc) is 2.87. The van der Waals surface area contributed by atoms with Crippen molar-refractivity contribution in [3.05, 3.63) is 0 Å². The summed E-state index contributed by atoms with van der Waals surface area (Å²) < 4.78 is 0. The number of hydrogen-bond donors (Lipinski definition) is 1. The summed E-state index contributed by atoms with van der Waals surface area (Å²) in [6.07, 6.45) is 8.32. The molecule has 0 radical (unpaired) electrons. The fourth-order valence-corrected chi connectivity index (χ4v) is 3.14. The van der Waals surface area contributed by atoms with Crippen LogP contribution in [0.15, 0.2) is 0 Å². The number of hydrogen-bond acceptors (Lipinski definition) is 2.